The Kier molecular flexibility index (Phi) is 2.43. The average molecular weight is 136 g/mol. The lowest BCUT2D eigenvalue weighted by Crippen LogP contribution is -1.91. The zero-order chi connectivity index (χ0) is 7.40. The summed E-state index contributed by atoms with van der Waals surface area (Å²) in [6.07, 6.45) is 8.55. The Morgan fingerprint density at radius 3 is 3.00 bits per heavy atom. The van der Waals surface area contributed by atoms with Crippen molar-refractivity contribution in [2.75, 3.05) is 0 Å². The van der Waals surface area contributed by atoms with Gasteiger partial charge >= 0.3 is 0 Å². The van der Waals surface area contributed by atoms with Crippen molar-refractivity contribution in [3.05, 3.63) is 23.3 Å². The Bertz CT molecular complexity index is 187. The lowest BCUT2D eigenvalue weighted by atomic mass is 9.98. The number of aldehydes is 1. The van der Waals surface area contributed by atoms with Gasteiger partial charge in [-0.1, -0.05) is 12.2 Å². The van der Waals surface area contributed by atoms with Crippen LogP contribution in [0.15, 0.2) is 23.3 Å². The topological polar surface area (TPSA) is 17.1 Å². The molecule has 54 valence electrons. The molecule has 0 N–H and O–H groups in total. The Morgan fingerprint density at radius 1 is 1.70 bits per heavy atom. The van der Waals surface area contributed by atoms with Crippen molar-refractivity contribution >= 4 is 6.29 Å². The maximum absolute atomic E-state index is 10.3. The third-order valence-electron chi connectivity index (χ3n) is 1.82. The van der Waals surface area contributed by atoms with Crippen molar-refractivity contribution in [3.8, 4) is 0 Å². The SMILES string of the molecule is C/C(C=O)=C1/C=CCCC1. The van der Waals surface area contributed by atoms with Gasteiger partial charge in [0.15, 0.2) is 0 Å². The number of carbonyl (C=O) groups is 1. The van der Waals surface area contributed by atoms with Crippen LogP contribution in [0.3, 0.4) is 0 Å². The molecule has 1 nitrogen and oxygen atoms in total. The number of carbonyl (C=O) groups excluding carboxylic acids is 1. The molecule has 0 spiro atoms. The fourth-order valence-electron chi connectivity index (χ4n) is 1.12. The molecule has 0 aromatic carbocycles. The van der Waals surface area contributed by atoms with Gasteiger partial charge in [0.1, 0.15) is 6.29 Å². The summed E-state index contributed by atoms with van der Waals surface area (Å²) in [5.41, 5.74) is 2.09. The fraction of sp³-hybridized carbons (Fsp3) is 0.444. The third-order valence-corrected chi connectivity index (χ3v) is 1.82. The van der Waals surface area contributed by atoms with Crippen LogP contribution in [-0.4, -0.2) is 6.29 Å². The van der Waals surface area contributed by atoms with Crippen molar-refractivity contribution < 1.29 is 4.79 Å². The van der Waals surface area contributed by atoms with Crippen LogP contribution in [0, 0.1) is 0 Å². The highest BCUT2D eigenvalue weighted by molar-refractivity contribution is 5.74. The van der Waals surface area contributed by atoms with Crippen molar-refractivity contribution in [2.24, 2.45) is 0 Å². The Labute approximate surface area is 61.4 Å². The molecule has 0 bridgehead atoms. The summed E-state index contributed by atoms with van der Waals surface area (Å²) in [6, 6.07) is 0. The maximum atomic E-state index is 10.3. The van der Waals surface area contributed by atoms with Gasteiger partial charge in [-0.25, -0.2) is 0 Å². The molecule has 10 heavy (non-hydrogen) atoms. The van der Waals surface area contributed by atoms with Crippen molar-refractivity contribution in [2.45, 2.75) is 26.2 Å². The molecular formula is C9H12O. The second kappa shape index (κ2) is 3.35. The van der Waals surface area contributed by atoms with Gasteiger partial charge in [-0.3, -0.25) is 4.79 Å². The molecule has 1 aliphatic carbocycles. The summed E-state index contributed by atoms with van der Waals surface area (Å²) < 4.78 is 0. The van der Waals surface area contributed by atoms with Gasteiger partial charge in [0.2, 0.25) is 0 Å². The summed E-state index contributed by atoms with van der Waals surface area (Å²) in [5, 5.41) is 0. The molecule has 0 radical (unpaired) electrons. The van der Waals surface area contributed by atoms with E-state index in [1.54, 1.807) is 0 Å². The third kappa shape index (κ3) is 1.56. The maximum Gasteiger partial charge on any atom is 0.146 e. The van der Waals surface area contributed by atoms with Crippen LogP contribution in [0.25, 0.3) is 0 Å². The van der Waals surface area contributed by atoms with Crippen LogP contribution in [0.1, 0.15) is 26.2 Å². The second-order valence-electron chi connectivity index (χ2n) is 2.62. The second-order valence-corrected chi connectivity index (χ2v) is 2.62. The molecule has 1 aliphatic rings. The van der Waals surface area contributed by atoms with Gasteiger partial charge in [0, 0.05) is 0 Å². The smallest absolute Gasteiger partial charge is 0.146 e. The number of hydrogen-bond donors (Lipinski definition) is 0. The molecule has 0 aromatic rings. The molecule has 1 rings (SSSR count). The van der Waals surface area contributed by atoms with Gasteiger partial charge < -0.3 is 0 Å². The first-order valence-electron chi connectivity index (χ1n) is 3.66. The Balaban J connectivity index is 2.78. The van der Waals surface area contributed by atoms with E-state index in [1.165, 1.54) is 12.0 Å². The number of allylic oxidation sites excluding steroid dienone is 4. The molecule has 0 aliphatic heterocycles. The van der Waals surface area contributed by atoms with Gasteiger partial charge in [-0.15, -0.1) is 0 Å². The van der Waals surface area contributed by atoms with Gasteiger partial charge in [-0.2, -0.15) is 0 Å². The normalized spacial score (nSPS) is 22.5. The predicted octanol–water partition coefficient (Wildman–Crippen LogP) is 2.24. The van der Waals surface area contributed by atoms with Crippen LogP contribution in [-0.2, 0) is 4.79 Å². The molecule has 0 aromatic heterocycles. The molecule has 0 saturated carbocycles. The van der Waals surface area contributed by atoms with Crippen molar-refractivity contribution in [1.82, 2.24) is 0 Å². The first-order valence-corrected chi connectivity index (χ1v) is 3.66. The van der Waals surface area contributed by atoms with E-state index in [9.17, 15) is 4.79 Å². The summed E-state index contributed by atoms with van der Waals surface area (Å²) >= 11 is 0. The first kappa shape index (κ1) is 7.26. The summed E-state index contributed by atoms with van der Waals surface area (Å²) in [7, 11) is 0. The van der Waals surface area contributed by atoms with E-state index < -0.39 is 0 Å². The average Bonchev–Trinajstić information content (AvgIpc) is 2.05. The van der Waals surface area contributed by atoms with E-state index in [1.807, 2.05) is 6.92 Å². The van der Waals surface area contributed by atoms with Gasteiger partial charge in [0.05, 0.1) is 0 Å². The minimum Gasteiger partial charge on any atom is -0.298 e. The largest absolute Gasteiger partial charge is 0.298 e. The highest BCUT2D eigenvalue weighted by atomic mass is 16.1. The minimum absolute atomic E-state index is 0.885. The lowest BCUT2D eigenvalue weighted by molar-refractivity contribution is -0.104. The van der Waals surface area contributed by atoms with E-state index in [-0.39, 0.29) is 0 Å². The first-order chi connectivity index (χ1) is 4.84. The van der Waals surface area contributed by atoms with Gasteiger partial charge in [-0.05, 0) is 37.3 Å². The van der Waals surface area contributed by atoms with E-state index >= 15 is 0 Å². The lowest BCUT2D eigenvalue weighted by Gasteiger charge is -2.07. The van der Waals surface area contributed by atoms with E-state index in [0.717, 1.165) is 24.7 Å². The highest BCUT2D eigenvalue weighted by Gasteiger charge is 2.01. The van der Waals surface area contributed by atoms with E-state index in [4.69, 9.17) is 0 Å². The molecule has 0 fully saturated rings. The Hall–Kier alpha value is -0.850. The molecule has 0 saturated heterocycles. The van der Waals surface area contributed by atoms with Crippen LogP contribution >= 0.6 is 0 Å². The molecular weight excluding hydrogens is 124 g/mol. The molecule has 0 unspecified atom stereocenters. The minimum atomic E-state index is 0.885. The fourth-order valence-corrected chi connectivity index (χ4v) is 1.12. The van der Waals surface area contributed by atoms with E-state index in [0.29, 0.717) is 0 Å². The number of rotatable bonds is 1. The number of hydrogen-bond acceptors (Lipinski definition) is 1. The molecule has 1 heteroatoms. The highest BCUT2D eigenvalue weighted by Crippen LogP contribution is 2.18. The summed E-state index contributed by atoms with van der Waals surface area (Å²) in [5.74, 6) is 0. The van der Waals surface area contributed by atoms with Crippen LogP contribution in [0.5, 0.6) is 0 Å². The zero-order valence-electron chi connectivity index (χ0n) is 6.26. The summed E-state index contributed by atoms with van der Waals surface area (Å²) in [6.45, 7) is 1.87. The van der Waals surface area contributed by atoms with Crippen molar-refractivity contribution in [1.29, 1.82) is 0 Å². The van der Waals surface area contributed by atoms with E-state index in [2.05, 4.69) is 12.2 Å². The van der Waals surface area contributed by atoms with Crippen LogP contribution in [0.2, 0.25) is 0 Å². The summed E-state index contributed by atoms with van der Waals surface area (Å²) in [4.78, 5) is 10.3. The standard InChI is InChI=1S/C9H12O/c1-8(7-10)9-5-3-2-4-6-9/h3,5,7H,2,4,6H2,1H3/b9-8+. The van der Waals surface area contributed by atoms with Crippen molar-refractivity contribution in [3.63, 3.8) is 0 Å². The molecule has 0 amide bonds. The quantitative estimate of drug-likeness (QED) is 0.399. The molecule has 0 atom stereocenters. The zero-order valence-corrected chi connectivity index (χ0v) is 6.26. The predicted molar refractivity (Wildman–Crippen MR) is 41.8 cm³/mol. The van der Waals surface area contributed by atoms with Crippen LogP contribution in [0.4, 0.5) is 0 Å². The van der Waals surface area contributed by atoms with Crippen LogP contribution < -0.4 is 0 Å². The monoisotopic (exact) mass is 136 g/mol. The molecule has 0 heterocycles. The van der Waals surface area contributed by atoms with Gasteiger partial charge in [0.25, 0.3) is 0 Å². The Morgan fingerprint density at radius 2 is 2.50 bits per heavy atom.